The number of aryl methyl sites for hydroxylation is 1. The molecule has 0 aliphatic carbocycles. The molecule has 2 heterocycles. The number of fused-ring (bicyclic) bond motifs is 1. The molecule has 102 valence electrons. The van der Waals surface area contributed by atoms with Crippen molar-refractivity contribution in [3.8, 4) is 0 Å². The molecule has 0 aromatic carbocycles. The van der Waals surface area contributed by atoms with Crippen LogP contribution in [0.5, 0.6) is 0 Å². The molecule has 2 aromatic heterocycles. The van der Waals surface area contributed by atoms with Gasteiger partial charge in [0.25, 0.3) is 11.6 Å². The summed E-state index contributed by atoms with van der Waals surface area (Å²) >= 11 is 0. The first-order valence-corrected chi connectivity index (χ1v) is 5.98. The zero-order valence-electron chi connectivity index (χ0n) is 11.5. The predicted molar refractivity (Wildman–Crippen MR) is 69.8 cm³/mol. The van der Waals surface area contributed by atoms with Crippen molar-refractivity contribution in [3.05, 3.63) is 23.5 Å². The number of rotatable bonds is 3. The number of nitrogens with zero attached hydrogens (tertiary/aromatic N) is 3. The maximum Gasteiger partial charge on any atom is 0.257 e. The number of carbonyl (C=O) groups excluding carboxylic acids is 1. The fourth-order valence-electron chi connectivity index (χ4n) is 1.64. The second-order valence-corrected chi connectivity index (χ2v) is 5.18. The van der Waals surface area contributed by atoms with Crippen LogP contribution in [-0.4, -0.2) is 45.2 Å². The highest BCUT2D eigenvalue weighted by atomic mass is 16.5. The third-order valence-electron chi connectivity index (χ3n) is 3.36. The summed E-state index contributed by atoms with van der Waals surface area (Å²) in [5.74, 6) is -0.200. The first-order valence-electron chi connectivity index (χ1n) is 5.98. The van der Waals surface area contributed by atoms with Crippen molar-refractivity contribution in [1.29, 1.82) is 0 Å². The smallest absolute Gasteiger partial charge is 0.257 e. The van der Waals surface area contributed by atoms with Crippen molar-refractivity contribution < 1.29 is 14.4 Å². The Morgan fingerprint density at radius 3 is 2.84 bits per heavy atom. The van der Waals surface area contributed by atoms with Crippen molar-refractivity contribution in [2.45, 2.75) is 26.3 Å². The maximum absolute atomic E-state index is 12.4. The van der Waals surface area contributed by atoms with Crippen molar-refractivity contribution >= 4 is 17.0 Å². The molecule has 6 nitrogen and oxygen atoms in total. The lowest BCUT2D eigenvalue weighted by Gasteiger charge is -2.33. The summed E-state index contributed by atoms with van der Waals surface area (Å²) in [6.07, 6.45) is 1.46. The third-order valence-corrected chi connectivity index (χ3v) is 3.36. The zero-order valence-corrected chi connectivity index (χ0v) is 11.5. The van der Waals surface area contributed by atoms with Crippen LogP contribution in [0.2, 0.25) is 0 Å². The maximum atomic E-state index is 12.4. The van der Waals surface area contributed by atoms with E-state index in [9.17, 15) is 9.90 Å². The molecular weight excluding hydrogens is 246 g/mol. The van der Waals surface area contributed by atoms with Gasteiger partial charge in [-0.2, -0.15) is 0 Å². The normalized spacial score (nSPS) is 11.8. The van der Waals surface area contributed by atoms with Gasteiger partial charge in [0.1, 0.15) is 0 Å². The van der Waals surface area contributed by atoms with Gasteiger partial charge >= 0.3 is 0 Å². The van der Waals surface area contributed by atoms with Gasteiger partial charge in [0.05, 0.1) is 28.8 Å². The molecule has 0 atom stereocenters. The second-order valence-electron chi connectivity index (χ2n) is 5.18. The first kappa shape index (κ1) is 13.5. The summed E-state index contributed by atoms with van der Waals surface area (Å²) in [4.78, 5) is 17.9. The highest BCUT2D eigenvalue weighted by Gasteiger charge is 2.28. The molecule has 0 aliphatic heterocycles. The topological polar surface area (TPSA) is 79.5 Å². The zero-order chi connectivity index (χ0) is 14.2. The Labute approximate surface area is 111 Å². The highest BCUT2D eigenvalue weighted by Crippen LogP contribution is 2.20. The molecule has 0 spiro atoms. The van der Waals surface area contributed by atoms with Crippen LogP contribution >= 0.6 is 0 Å². The molecule has 1 amide bonds. The number of aromatic nitrogens is 2. The number of aliphatic hydroxyl groups is 1. The van der Waals surface area contributed by atoms with Gasteiger partial charge in [0.2, 0.25) is 0 Å². The lowest BCUT2D eigenvalue weighted by molar-refractivity contribution is 0.0473. The van der Waals surface area contributed by atoms with E-state index in [1.165, 1.54) is 11.1 Å². The van der Waals surface area contributed by atoms with Crippen LogP contribution in [0.25, 0.3) is 11.1 Å². The fourth-order valence-corrected chi connectivity index (χ4v) is 1.64. The van der Waals surface area contributed by atoms with Crippen LogP contribution in [0.1, 0.15) is 29.9 Å². The Morgan fingerprint density at radius 2 is 2.21 bits per heavy atom. The van der Waals surface area contributed by atoms with E-state index in [4.69, 9.17) is 4.52 Å². The number of carbonyl (C=O) groups is 1. The third kappa shape index (κ3) is 2.31. The van der Waals surface area contributed by atoms with Crippen LogP contribution in [0.3, 0.4) is 0 Å². The SMILES string of the molecule is Cc1noc2ncc(C(=O)N(C)C(C)(C)CO)cc12. The van der Waals surface area contributed by atoms with Gasteiger partial charge in [-0.25, -0.2) is 4.98 Å². The van der Waals surface area contributed by atoms with E-state index in [-0.39, 0.29) is 12.5 Å². The molecule has 1 N–H and O–H groups in total. The molecule has 0 aliphatic rings. The Hall–Kier alpha value is -1.95. The molecule has 0 saturated carbocycles. The molecule has 2 aromatic rings. The van der Waals surface area contributed by atoms with E-state index in [0.29, 0.717) is 17.0 Å². The number of amides is 1. The molecular formula is C13H17N3O3. The van der Waals surface area contributed by atoms with Crippen molar-refractivity contribution in [3.63, 3.8) is 0 Å². The minimum Gasteiger partial charge on any atom is -0.394 e. The predicted octanol–water partition coefficient (Wildman–Crippen LogP) is 1.37. The van der Waals surface area contributed by atoms with E-state index >= 15 is 0 Å². The lowest BCUT2D eigenvalue weighted by Crippen LogP contribution is -2.47. The van der Waals surface area contributed by atoms with E-state index in [2.05, 4.69) is 10.1 Å². The number of pyridine rings is 1. The highest BCUT2D eigenvalue weighted by molar-refractivity contribution is 5.97. The van der Waals surface area contributed by atoms with Crippen LogP contribution in [0.4, 0.5) is 0 Å². The number of likely N-dealkylation sites (N-methyl/N-ethyl adjacent to an activating group) is 1. The molecule has 19 heavy (non-hydrogen) atoms. The van der Waals surface area contributed by atoms with Crippen molar-refractivity contribution in [2.24, 2.45) is 0 Å². The minimum absolute atomic E-state index is 0.114. The molecule has 0 saturated heterocycles. The van der Waals surface area contributed by atoms with Crippen LogP contribution < -0.4 is 0 Å². The van der Waals surface area contributed by atoms with E-state index in [1.807, 2.05) is 0 Å². The molecule has 0 radical (unpaired) electrons. The molecule has 0 fully saturated rings. The van der Waals surface area contributed by atoms with Gasteiger partial charge in [0, 0.05) is 13.2 Å². The van der Waals surface area contributed by atoms with Gasteiger partial charge in [-0.05, 0) is 26.8 Å². The molecule has 6 heteroatoms. The van der Waals surface area contributed by atoms with E-state index < -0.39 is 5.54 Å². The number of hydrogen-bond donors (Lipinski definition) is 1. The summed E-state index contributed by atoms with van der Waals surface area (Å²) in [6, 6.07) is 1.71. The average molecular weight is 263 g/mol. The summed E-state index contributed by atoms with van der Waals surface area (Å²) < 4.78 is 5.01. The van der Waals surface area contributed by atoms with Gasteiger partial charge in [0.15, 0.2) is 0 Å². The van der Waals surface area contributed by atoms with Gasteiger partial charge in [-0.1, -0.05) is 5.16 Å². The summed E-state index contributed by atoms with van der Waals surface area (Å²) in [5, 5.41) is 13.8. The van der Waals surface area contributed by atoms with Crippen LogP contribution in [0, 0.1) is 6.92 Å². The summed E-state index contributed by atoms with van der Waals surface area (Å²) in [5.41, 5.74) is 0.928. The minimum atomic E-state index is -0.629. The van der Waals surface area contributed by atoms with Gasteiger partial charge in [-0.15, -0.1) is 0 Å². The second kappa shape index (κ2) is 4.62. The Balaban J connectivity index is 2.38. The Bertz CT molecular complexity index is 619. The fraction of sp³-hybridized carbons (Fsp3) is 0.462. The van der Waals surface area contributed by atoms with E-state index in [0.717, 1.165) is 5.39 Å². The quantitative estimate of drug-likeness (QED) is 0.904. The van der Waals surface area contributed by atoms with E-state index in [1.54, 1.807) is 33.9 Å². The van der Waals surface area contributed by atoms with Gasteiger partial charge in [-0.3, -0.25) is 4.79 Å². The Kier molecular flexibility index (Phi) is 3.28. The lowest BCUT2D eigenvalue weighted by atomic mass is 10.0. The average Bonchev–Trinajstić information content (AvgIpc) is 2.78. The molecule has 0 bridgehead atoms. The first-order chi connectivity index (χ1) is 8.86. The number of aliphatic hydroxyl groups excluding tert-OH is 1. The molecule has 0 unspecified atom stereocenters. The van der Waals surface area contributed by atoms with Crippen molar-refractivity contribution in [2.75, 3.05) is 13.7 Å². The molecule has 2 rings (SSSR count). The monoisotopic (exact) mass is 263 g/mol. The standard InChI is InChI=1S/C13H17N3O3/c1-8-10-5-9(6-14-11(10)19-15-8)12(18)16(4)13(2,3)7-17/h5-6,17H,7H2,1-4H3. The van der Waals surface area contributed by atoms with Crippen LogP contribution in [-0.2, 0) is 0 Å². The van der Waals surface area contributed by atoms with Gasteiger partial charge < -0.3 is 14.5 Å². The van der Waals surface area contributed by atoms with Crippen LogP contribution in [0.15, 0.2) is 16.8 Å². The largest absolute Gasteiger partial charge is 0.394 e. The number of hydrogen-bond acceptors (Lipinski definition) is 5. The Morgan fingerprint density at radius 1 is 1.53 bits per heavy atom. The van der Waals surface area contributed by atoms with Crippen molar-refractivity contribution in [1.82, 2.24) is 15.0 Å². The summed E-state index contributed by atoms with van der Waals surface area (Å²) in [7, 11) is 1.66. The summed E-state index contributed by atoms with van der Waals surface area (Å²) in [6.45, 7) is 5.27.